The maximum absolute atomic E-state index is 13.0. The highest BCUT2D eigenvalue weighted by molar-refractivity contribution is 6.33. The third-order valence-corrected chi connectivity index (χ3v) is 2.99. The Morgan fingerprint density at radius 2 is 2.05 bits per heavy atom. The van der Waals surface area contributed by atoms with Crippen molar-refractivity contribution in [1.29, 1.82) is 0 Å². The molecule has 0 unspecified atom stereocenters. The SMILES string of the molecule is Cc1ccc(NC(=O)CNc2cccc(F)c2)c(Cl)c1. The van der Waals surface area contributed by atoms with E-state index in [4.69, 9.17) is 11.6 Å². The van der Waals surface area contributed by atoms with E-state index in [0.29, 0.717) is 16.4 Å². The number of aryl methyl sites for hydroxylation is 1. The topological polar surface area (TPSA) is 41.1 Å². The van der Waals surface area contributed by atoms with Gasteiger partial charge >= 0.3 is 0 Å². The van der Waals surface area contributed by atoms with Gasteiger partial charge < -0.3 is 10.6 Å². The van der Waals surface area contributed by atoms with Gasteiger partial charge in [0.2, 0.25) is 5.91 Å². The number of carbonyl (C=O) groups is 1. The Kier molecular flexibility index (Phi) is 4.58. The molecule has 2 rings (SSSR count). The fraction of sp³-hybridized carbons (Fsp3) is 0.133. The first-order valence-corrected chi connectivity index (χ1v) is 6.48. The highest BCUT2D eigenvalue weighted by Gasteiger charge is 2.06. The van der Waals surface area contributed by atoms with E-state index >= 15 is 0 Å². The minimum Gasteiger partial charge on any atom is -0.376 e. The van der Waals surface area contributed by atoms with E-state index in [-0.39, 0.29) is 18.3 Å². The van der Waals surface area contributed by atoms with Gasteiger partial charge in [-0.2, -0.15) is 0 Å². The highest BCUT2D eigenvalue weighted by atomic mass is 35.5. The van der Waals surface area contributed by atoms with Crippen molar-refractivity contribution in [2.75, 3.05) is 17.2 Å². The average Bonchev–Trinajstić information content (AvgIpc) is 2.40. The first kappa shape index (κ1) is 14.3. The van der Waals surface area contributed by atoms with Gasteiger partial charge in [-0.1, -0.05) is 23.7 Å². The molecular weight excluding hydrogens is 279 g/mol. The van der Waals surface area contributed by atoms with Crippen molar-refractivity contribution in [1.82, 2.24) is 0 Å². The number of carbonyl (C=O) groups excluding carboxylic acids is 1. The van der Waals surface area contributed by atoms with Crippen LogP contribution in [0.5, 0.6) is 0 Å². The molecule has 0 atom stereocenters. The summed E-state index contributed by atoms with van der Waals surface area (Å²) in [4.78, 5) is 11.8. The second-order valence-corrected chi connectivity index (χ2v) is 4.80. The van der Waals surface area contributed by atoms with E-state index in [9.17, 15) is 9.18 Å². The summed E-state index contributed by atoms with van der Waals surface area (Å²) in [5.74, 6) is -0.600. The molecule has 0 bridgehead atoms. The third kappa shape index (κ3) is 3.96. The number of hydrogen-bond donors (Lipinski definition) is 2. The zero-order valence-electron chi connectivity index (χ0n) is 10.9. The molecule has 1 amide bonds. The van der Waals surface area contributed by atoms with E-state index in [2.05, 4.69) is 10.6 Å². The fourth-order valence-corrected chi connectivity index (χ4v) is 1.98. The molecule has 0 aliphatic carbocycles. The zero-order chi connectivity index (χ0) is 14.5. The minimum absolute atomic E-state index is 0.0354. The van der Waals surface area contributed by atoms with Gasteiger partial charge in [0.1, 0.15) is 5.82 Å². The van der Waals surface area contributed by atoms with Crippen LogP contribution >= 0.6 is 11.6 Å². The summed E-state index contributed by atoms with van der Waals surface area (Å²) >= 11 is 6.03. The Morgan fingerprint density at radius 3 is 2.75 bits per heavy atom. The van der Waals surface area contributed by atoms with E-state index in [0.717, 1.165) is 5.56 Å². The number of amides is 1. The Morgan fingerprint density at radius 1 is 1.25 bits per heavy atom. The minimum atomic E-state index is -0.350. The van der Waals surface area contributed by atoms with E-state index in [1.165, 1.54) is 12.1 Å². The van der Waals surface area contributed by atoms with Gasteiger partial charge in [-0.3, -0.25) is 4.79 Å². The van der Waals surface area contributed by atoms with Crippen LogP contribution < -0.4 is 10.6 Å². The van der Waals surface area contributed by atoms with Crippen LogP contribution in [0.2, 0.25) is 5.02 Å². The number of halogens is 2. The second-order valence-electron chi connectivity index (χ2n) is 4.40. The second kappa shape index (κ2) is 6.39. The molecule has 2 N–H and O–H groups in total. The summed E-state index contributed by atoms with van der Waals surface area (Å²) in [7, 11) is 0. The van der Waals surface area contributed by atoms with Crippen LogP contribution in [0.15, 0.2) is 42.5 Å². The average molecular weight is 293 g/mol. The number of anilines is 2. The van der Waals surface area contributed by atoms with Crippen LogP contribution in [0.4, 0.5) is 15.8 Å². The van der Waals surface area contributed by atoms with Crippen LogP contribution in [0, 0.1) is 12.7 Å². The van der Waals surface area contributed by atoms with Crippen LogP contribution in [-0.2, 0) is 4.79 Å². The standard InChI is InChI=1S/C15H14ClFN2O/c1-10-5-6-14(13(16)7-10)19-15(20)9-18-12-4-2-3-11(17)8-12/h2-8,18H,9H2,1H3,(H,19,20). The van der Waals surface area contributed by atoms with Gasteiger partial charge in [0, 0.05) is 5.69 Å². The Balaban J connectivity index is 1.92. The van der Waals surface area contributed by atoms with Crippen molar-refractivity contribution in [3.63, 3.8) is 0 Å². The molecule has 3 nitrogen and oxygen atoms in total. The number of rotatable bonds is 4. The van der Waals surface area contributed by atoms with Crippen molar-refractivity contribution in [3.05, 3.63) is 58.9 Å². The monoisotopic (exact) mass is 292 g/mol. The van der Waals surface area contributed by atoms with Gasteiger partial charge in [0.15, 0.2) is 0 Å². The lowest BCUT2D eigenvalue weighted by molar-refractivity contribution is -0.114. The van der Waals surface area contributed by atoms with E-state index < -0.39 is 0 Å². The molecule has 0 radical (unpaired) electrons. The summed E-state index contributed by atoms with van der Waals surface area (Å²) < 4.78 is 13.0. The van der Waals surface area contributed by atoms with Crippen LogP contribution in [-0.4, -0.2) is 12.5 Å². The number of hydrogen-bond acceptors (Lipinski definition) is 2. The molecule has 20 heavy (non-hydrogen) atoms. The highest BCUT2D eigenvalue weighted by Crippen LogP contribution is 2.22. The maximum atomic E-state index is 13.0. The van der Waals surface area contributed by atoms with E-state index in [1.807, 2.05) is 13.0 Å². The lowest BCUT2D eigenvalue weighted by Gasteiger charge is -2.09. The first-order valence-electron chi connectivity index (χ1n) is 6.10. The third-order valence-electron chi connectivity index (χ3n) is 2.68. The Hall–Kier alpha value is -2.07. The largest absolute Gasteiger partial charge is 0.376 e. The molecule has 0 heterocycles. The van der Waals surface area contributed by atoms with Gasteiger partial charge in [-0.15, -0.1) is 0 Å². The predicted octanol–water partition coefficient (Wildman–Crippen LogP) is 3.84. The zero-order valence-corrected chi connectivity index (χ0v) is 11.7. The molecule has 0 aliphatic rings. The van der Waals surface area contributed by atoms with Gasteiger partial charge in [0.05, 0.1) is 17.3 Å². The van der Waals surface area contributed by atoms with Crippen molar-refractivity contribution < 1.29 is 9.18 Å². The van der Waals surface area contributed by atoms with Crippen molar-refractivity contribution in [2.45, 2.75) is 6.92 Å². The van der Waals surface area contributed by atoms with Crippen molar-refractivity contribution >= 4 is 28.9 Å². The lowest BCUT2D eigenvalue weighted by Crippen LogP contribution is -2.21. The van der Waals surface area contributed by atoms with Gasteiger partial charge in [-0.25, -0.2) is 4.39 Å². The van der Waals surface area contributed by atoms with Crippen LogP contribution in [0.1, 0.15) is 5.56 Å². The molecule has 2 aromatic carbocycles. The molecular formula is C15H14ClFN2O. The molecule has 0 fully saturated rings. The van der Waals surface area contributed by atoms with Crippen molar-refractivity contribution in [2.24, 2.45) is 0 Å². The first-order chi connectivity index (χ1) is 9.54. The number of benzene rings is 2. The van der Waals surface area contributed by atoms with Gasteiger partial charge in [0.25, 0.3) is 0 Å². The molecule has 0 aliphatic heterocycles. The summed E-state index contributed by atoms with van der Waals surface area (Å²) in [6.45, 7) is 1.96. The maximum Gasteiger partial charge on any atom is 0.243 e. The molecule has 0 aromatic heterocycles. The summed E-state index contributed by atoms with van der Waals surface area (Å²) in [5, 5.41) is 6.03. The summed E-state index contributed by atoms with van der Waals surface area (Å²) in [5.41, 5.74) is 2.13. The van der Waals surface area contributed by atoms with Crippen LogP contribution in [0.25, 0.3) is 0 Å². The summed E-state index contributed by atoms with van der Waals surface area (Å²) in [6.07, 6.45) is 0. The van der Waals surface area contributed by atoms with Gasteiger partial charge in [-0.05, 0) is 42.8 Å². The van der Waals surface area contributed by atoms with Crippen molar-refractivity contribution in [3.8, 4) is 0 Å². The quantitative estimate of drug-likeness (QED) is 0.899. The molecule has 0 spiro atoms. The Labute approximate surface area is 121 Å². The van der Waals surface area contributed by atoms with E-state index in [1.54, 1.807) is 24.3 Å². The Bertz CT molecular complexity index is 631. The molecule has 2 aromatic rings. The summed E-state index contributed by atoms with van der Waals surface area (Å²) in [6, 6.07) is 11.3. The van der Waals surface area contributed by atoms with Crippen LogP contribution in [0.3, 0.4) is 0 Å². The molecule has 5 heteroatoms. The molecule has 104 valence electrons. The normalized spacial score (nSPS) is 10.2. The number of nitrogens with one attached hydrogen (secondary N) is 2. The molecule has 0 saturated carbocycles. The fourth-order valence-electron chi connectivity index (χ4n) is 1.70. The predicted molar refractivity (Wildman–Crippen MR) is 79.7 cm³/mol. The lowest BCUT2D eigenvalue weighted by atomic mass is 10.2. The smallest absolute Gasteiger partial charge is 0.243 e. The molecule has 0 saturated heterocycles.